The molecule has 0 bridgehead atoms. The highest BCUT2D eigenvalue weighted by Gasteiger charge is 2.54. The molecule has 2 saturated heterocycles. The van der Waals surface area contributed by atoms with Gasteiger partial charge in [-0.25, -0.2) is 4.79 Å². The van der Waals surface area contributed by atoms with E-state index in [1.807, 2.05) is 60.7 Å². The fraction of sp³-hybridized carbons (Fsp3) is 0.423. The lowest BCUT2D eigenvalue weighted by atomic mass is 9.75. The van der Waals surface area contributed by atoms with E-state index in [0.29, 0.717) is 17.0 Å². The number of piperidine rings is 1. The second kappa shape index (κ2) is 8.98. The highest BCUT2D eigenvalue weighted by Crippen LogP contribution is 2.37. The largest absolute Gasteiger partial charge is 0.344 e. The molecule has 2 aromatic carbocycles. The summed E-state index contributed by atoms with van der Waals surface area (Å²) in [5.74, 6) is 0.580. The summed E-state index contributed by atoms with van der Waals surface area (Å²) >= 11 is 0. The maximum atomic E-state index is 13.7. The van der Waals surface area contributed by atoms with Gasteiger partial charge in [-0.1, -0.05) is 79.9 Å². The number of likely N-dealkylation sites (tertiary alicyclic amines) is 1. The average Bonchev–Trinajstić information content (AvgIpc) is 3.10. The van der Waals surface area contributed by atoms with Gasteiger partial charge in [-0.2, -0.15) is 5.01 Å². The van der Waals surface area contributed by atoms with E-state index in [0.717, 1.165) is 30.4 Å². The van der Waals surface area contributed by atoms with Gasteiger partial charge in [-0.15, -0.1) is 0 Å². The van der Waals surface area contributed by atoms with Crippen LogP contribution in [0.2, 0.25) is 0 Å². The molecule has 7 heteroatoms. The first-order valence-corrected chi connectivity index (χ1v) is 11.9. The summed E-state index contributed by atoms with van der Waals surface area (Å²) in [5.41, 5.74) is 2.49. The third-order valence-electron chi connectivity index (χ3n) is 7.41. The lowest BCUT2D eigenvalue weighted by Gasteiger charge is -2.41. The lowest BCUT2D eigenvalue weighted by molar-refractivity contribution is -0.139. The van der Waals surface area contributed by atoms with Gasteiger partial charge in [0, 0.05) is 6.54 Å². The van der Waals surface area contributed by atoms with Crippen molar-refractivity contribution >= 4 is 17.8 Å². The fourth-order valence-corrected chi connectivity index (χ4v) is 5.75. The minimum absolute atomic E-state index is 0.184. The smallest absolute Gasteiger partial charge is 0.314 e. The summed E-state index contributed by atoms with van der Waals surface area (Å²) in [6, 6.07) is 17.6. The highest BCUT2D eigenvalue weighted by molar-refractivity contribution is 6.10. The van der Waals surface area contributed by atoms with E-state index in [1.165, 1.54) is 25.7 Å². The van der Waals surface area contributed by atoms with Crippen molar-refractivity contribution in [3.8, 4) is 0 Å². The monoisotopic (exact) mass is 446 g/mol. The molecule has 0 radical (unpaired) electrons. The van der Waals surface area contributed by atoms with Crippen molar-refractivity contribution in [1.29, 1.82) is 0 Å². The summed E-state index contributed by atoms with van der Waals surface area (Å²) < 4.78 is 0. The normalized spacial score (nSPS) is 24.8. The van der Waals surface area contributed by atoms with E-state index in [4.69, 9.17) is 0 Å². The van der Waals surface area contributed by atoms with Gasteiger partial charge in [0.05, 0.1) is 6.54 Å². The van der Waals surface area contributed by atoms with Gasteiger partial charge in [0.15, 0.2) is 5.54 Å². The molecule has 0 unspecified atom stereocenters. The third-order valence-corrected chi connectivity index (χ3v) is 7.41. The Kier molecular flexibility index (Phi) is 5.89. The van der Waals surface area contributed by atoms with Crippen LogP contribution >= 0.6 is 0 Å². The number of hydrogen-bond donors (Lipinski definition) is 2. The number of nitrogens with zero attached hydrogens (tertiary/aromatic N) is 2. The van der Waals surface area contributed by atoms with Gasteiger partial charge < -0.3 is 5.32 Å². The van der Waals surface area contributed by atoms with Crippen molar-refractivity contribution < 1.29 is 14.4 Å². The number of fused-ring (bicyclic) bond motifs is 1. The quantitative estimate of drug-likeness (QED) is 0.692. The molecule has 5 rings (SSSR count). The van der Waals surface area contributed by atoms with Crippen molar-refractivity contribution in [2.75, 3.05) is 19.6 Å². The Morgan fingerprint density at radius 2 is 1.52 bits per heavy atom. The number of urea groups is 1. The molecule has 0 spiro atoms. The maximum absolute atomic E-state index is 13.7. The van der Waals surface area contributed by atoms with Gasteiger partial charge >= 0.3 is 6.03 Å². The molecular formula is C26H30N4O3. The Hall–Kier alpha value is -3.19. The fourth-order valence-electron chi connectivity index (χ4n) is 5.75. The van der Waals surface area contributed by atoms with Gasteiger partial charge in [0.25, 0.3) is 11.8 Å². The van der Waals surface area contributed by atoms with E-state index < -0.39 is 17.5 Å². The predicted molar refractivity (Wildman–Crippen MR) is 124 cm³/mol. The van der Waals surface area contributed by atoms with Gasteiger partial charge in [-0.3, -0.25) is 19.9 Å². The molecular weight excluding hydrogens is 416 g/mol. The number of hydrazine groups is 1. The molecule has 1 aliphatic carbocycles. The van der Waals surface area contributed by atoms with Crippen molar-refractivity contribution in [3.63, 3.8) is 0 Å². The van der Waals surface area contributed by atoms with Crippen LogP contribution in [-0.2, 0) is 15.1 Å². The van der Waals surface area contributed by atoms with E-state index >= 15 is 0 Å². The molecule has 0 aromatic heterocycles. The van der Waals surface area contributed by atoms with Crippen LogP contribution in [0.25, 0.3) is 0 Å². The van der Waals surface area contributed by atoms with Crippen LogP contribution < -0.4 is 10.7 Å². The zero-order valence-electron chi connectivity index (χ0n) is 18.7. The molecule has 3 fully saturated rings. The predicted octanol–water partition coefficient (Wildman–Crippen LogP) is 3.03. The summed E-state index contributed by atoms with van der Waals surface area (Å²) in [6.45, 7) is 1.98. The van der Waals surface area contributed by atoms with Crippen molar-refractivity contribution in [2.24, 2.45) is 11.8 Å². The number of carbonyl (C=O) groups excluding carboxylic acids is 3. The molecule has 33 heavy (non-hydrogen) atoms. The van der Waals surface area contributed by atoms with Crippen LogP contribution in [0.15, 0.2) is 60.7 Å². The van der Waals surface area contributed by atoms with E-state index in [-0.39, 0.29) is 12.5 Å². The molecule has 2 N–H and O–H groups in total. The summed E-state index contributed by atoms with van der Waals surface area (Å²) in [7, 11) is 0. The molecule has 1 saturated carbocycles. The maximum Gasteiger partial charge on any atom is 0.344 e. The molecule has 172 valence electrons. The number of benzene rings is 2. The van der Waals surface area contributed by atoms with Crippen LogP contribution in [-0.4, -0.2) is 47.4 Å². The minimum atomic E-state index is -1.38. The molecule has 2 atom stereocenters. The summed E-state index contributed by atoms with van der Waals surface area (Å²) in [5, 5.41) is 3.70. The number of rotatable bonds is 5. The Bertz CT molecular complexity index is 987. The second-order valence-corrected chi connectivity index (χ2v) is 9.42. The van der Waals surface area contributed by atoms with Crippen LogP contribution in [0.3, 0.4) is 0 Å². The van der Waals surface area contributed by atoms with E-state index in [9.17, 15) is 14.4 Å². The van der Waals surface area contributed by atoms with Crippen LogP contribution in [0.4, 0.5) is 4.79 Å². The van der Waals surface area contributed by atoms with E-state index in [2.05, 4.69) is 15.6 Å². The topological polar surface area (TPSA) is 81.8 Å². The van der Waals surface area contributed by atoms with Crippen molar-refractivity contribution in [3.05, 3.63) is 71.8 Å². The number of nitrogens with one attached hydrogen (secondary N) is 2. The number of imide groups is 1. The van der Waals surface area contributed by atoms with Gasteiger partial charge in [-0.05, 0) is 42.3 Å². The standard InChI is InChI=1S/C26H30N4O3/c31-23(18-29-16-15-19-9-7-8-10-20(19)17-29)28-30-24(32)26(27-25(30)33,21-11-3-1-4-12-21)22-13-5-2-6-14-22/h1-6,11-14,19-20H,7-10,15-18H2,(H,27,33)(H,28,31)/t19-,20-/m0/s1. The van der Waals surface area contributed by atoms with Crippen molar-refractivity contribution in [2.45, 2.75) is 37.6 Å². The first-order valence-electron chi connectivity index (χ1n) is 11.9. The Labute approximate surface area is 194 Å². The Balaban J connectivity index is 1.33. The summed E-state index contributed by atoms with van der Waals surface area (Å²) in [4.78, 5) is 41.6. The van der Waals surface area contributed by atoms with Crippen molar-refractivity contribution in [1.82, 2.24) is 20.7 Å². The molecule has 7 nitrogen and oxygen atoms in total. The molecule has 2 aliphatic heterocycles. The molecule has 2 aromatic rings. The average molecular weight is 447 g/mol. The number of hydrogen-bond acceptors (Lipinski definition) is 4. The minimum Gasteiger partial charge on any atom is -0.314 e. The van der Waals surface area contributed by atoms with Crippen LogP contribution in [0, 0.1) is 11.8 Å². The van der Waals surface area contributed by atoms with Crippen LogP contribution in [0.1, 0.15) is 43.2 Å². The Morgan fingerprint density at radius 1 is 0.909 bits per heavy atom. The summed E-state index contributed by atoms with van der Waals surface area (Å²) in [6.07, 6.45) is 6.23. The number of amides is 4. The third kappa shape index (κ3) is 4.02. The van der Waals surface area contributed by atoms with Gasteiger partial charge in [0.1, 0.15) is 0 Å². The molecule has 4 amide bonds. The number of carbonyl (C=O) groups is 3. The molecule has 3 aliphatic rings. The highest BCUT2D eigenvalue weighted by atomic mass is 16.2. The SMILES string of the molecule is O=C(CN1CC[C@@H]2CCCC[C@H]2C1)NN1C(=O)NC(c2ccccc2)(c2ccccc2)C1=O. The first-order chi connectivity index (χ1) is 16.1. The lowest BCUT2D eigenvalue weighted by Crippen LogP contribution is -2.52. The van der Waals surface area contributed by atoms with Crippen LogP contribution in [0.5, 0.6) is 0 Å². The first kappa shape index (κ1) is 21.6. The molecule has 2 heterocycles. The Morgan fingerprint density at radius 3 is 2.15 bits per heavy atom. The zero-order valence-corrected chi connectivity index (χ0v) is 18.7. The second-order valence-electron chi connectivity index (χ2n) is 9.42. The zero-order chi connectivity index (χ0) is 22.8. The van der Waals surface area contributed by atoms with E-state index in [1.54, 1.807) is 0 Å². The van der Waals surface area contributed by atoms with Gasteiger partial charge in [0.2, 0.25) is 0 Å².